The Kier molecular flexibility index (Phi) is 41.2. The van der Waals surface area contributed by atoms with Gasteiger partial charge in [0, 0.05) is 12.8 Å². The van der Waals surface area contributed by atoms with Crippen LogP contribution >= 0.6 is 7.82 Å². The van der Waals surface area contributed by atoms with Gasteiger partial charge in [-0.3, -0.25) is 14.1 Å². The molecular formula is C48H83O8P. The molecule has 0 rings (SSSR count). The first-order valence-corrected chi connectivity index (χ1v) is 24.3. The van der Waals surface area contributed by atoms with E-state index in [2.05, 4.69) is 91.3 Å². The van der Waals surface area contributed by atoms with Crippen LogP contribution in [0.25, 0.3) is 0 Å². The van der Waals surface area contributed by atoms with Crippen molar-refractivity contribution in [3.8, 4) is 0 Å². The molecular weight excluding hydrogens is 735 g/mol. The molecule has 9 heteroatoms. The van der Waals surface area contributed by atoms with Crippen LogP contribution < -0.4 is 0 Å². The number of carbonyl (C=O) groups excluding carboxylic acids is 2. The Hall–Kier alpha value is -2.51. The quantitative estimate of drug-likeness (QED) is 0.0271. The fourth-order valence-corrected chi connectivity index (χ4v) is 6.46. The Balaban J connectivity index is 3.91. The minimum Gasteiger partial charge on any atom is -0.462 e. The normalized spacial score (nSPS) is 13.1. The van der Waals surface area contributed by atoms with Crippen LogP contribution in [-0.4, -0.2) is 41.0 Å². The highest BCUT2D eigenvalue weighted by atomic mass is 31.2. The van der Waals surface area contributed by atoms with E-state index >= 15 is 0 Å². The summed E-state index contributed by atoms with van der Waals surface area (Å²) in [5, 5.41) is 0. The summed E-state index contributed by atoms with van der Waals surface area (Å²) >= 11 is 0. The van der Waals surface area contributed by atoms with E-state index in [9.17, 15) is 14.2 Å². The summed E-state index contributed by atoms with van der Waals surface area (Å²) in [6, 6.07) is 0. The zero-order chi connectivity index (χ0) is 41.8. The summed E-state index contributed by atoms with van der Waals surface area (Å²) in [4.78, 5) is 43.0. The van der Waals surface area contributed by atoms with Crippen LogP contribution in [0.15, 0.2) is 72.9 Å². The Morgan fingerprint density at radius 2 is 0.842 bits per heavy atom. The molecule has 0 fully saturated rings. The van der Waals surface area contributed by atoms with Crippen molar-refractivity contribution in [3.63, 3.8) is 0 Å². The fraction of sp³-hybridized carbons (Fsp3) is 0.708. The highest BCUT2D eigenvalue weighted by molar-refractivity contribution is 7.46. The van der Waals surface area contributed by atoms with Crippen LogP contribution in [0, 0.1) is 0 Å². The number of carbonyl (C=O) groups is 2. The minimum atomic E-state index is -4.76. The van der Waals surface area contributed by atoms with E-state index in [1.54, 1.807) is 0 Å². The van der Waals surface area contributed by atoms with E-state index in [-0.39, 0.29) is 19.4 Å². The van der Waals surface area contributed by atoms with Crippen molar-refractivity contribution in [1.82, 2.24) is 0 Å². The summed E-state index contributed by atoms with van der Waals surface area (Å²) < 4.78 is 26.4. The Morgan fingerprint density at radius 1 is 0.474 bits per heavy atom. The van der Waals surface area contributed by atoms with Gasteiger partial charge in [-0.25, -0.2) is 4.57 Å². The molecule has 0 radical (unpaired) electrons. The molecule has 0 aromatic heterocycles. The molecule has 0 bridgehead atoms. The standard InChI is InChI=1S/C48H83O8P/c1-3-5-7-9-11-13-15-17-19-21-22-23-24-25-26-27-29-31-33-35-37-39-41-43-48(50)56-46(45-55-57(51,52)53)44-54-47(49)42-40-38-36-34-32-30-28-20-18-16-14-12-10-8-6-4-2/h5,7,11,13-14,16-17,19-20,22-23,28,46H,3-4,6,8-10,12,15,18,21,24-27,29-45H2,1-2H3,(H2,51,52,53)/b7-5-,13-11-,16-14-,19-17-,23-22-,28-20-. The number of phosphoric ester groups is 1. The van der Waals surface area contributed by atoms with Crippen LogP contribution in [0.1, 0.15) is 200 Å². The summed E-state index contributed by atoms with van der Waals surface area (Å²) in [5.74, 6) is -0.907. The van der Waals surface area contributed by atoms with Crippen molar-refractivity contribution in [1.29, 1.82) is 0 Å². The number of phosphoric acid groups is 1. The summed E-state index contributed by atoms with van der Waals surface area (Å²) in [5.41, 5.74) is 0. The topological polar surface area (TPSA) is 119 Å². The van der Waals surface area contributed by atoms with E-state index in [1.165, 1.54) is 70.6 Å². The molecule has 0 aliphatic carbocycles. The lowest BCUT2D eigenvalue weighted by Crippen LogP contribution is -2.29. The van der Waals surface area contributed by atoms with Crippen LogP contribution in [0.4, 0.5) is 0 Å². The number of allylic oxidation sites excluding steroid dienone is 12. The Bertz CT molecular complexity index is 1150. The molecule has 1 unspecified atom stereocenters. The largest absolute Gasteiger partial charge is 0.469 e. The third-order valence-electron chi connectivity index (χ3n) is 9.46. The number of hydrogen-bond acceptors (Lipinski definition) is 6. The molecule has 0 aromatic rings. The summed E-state index contributed by atoms with van der Waals surface area (Å²) in [6.07, 6.45) is 56.2. The first-order valence-electron chi connectivity index (χ1n) is 22.7. The molecule has 0 amide bonds. The molecule has 0 aliphatic rings. The van der Waals surface area contributed by atoms with Gasteiger partial charge >= 0.3 is 19.8 Å². The second-order valence-electron chi connectivity index (χ2n) is 15.0. The van der Waals surface area contributed by atoms with Crippen molar-refractivity contribution >= 4 is 19.8 Å². The maximum Gasteiger partial charge on any atom is 0.469 e. The van der Waals surface area contributed by atoms with E-state index < -0.39 is 32.5 Å². The molecule has 0 saturated heterocycles. The van der Waals surface area contributed by atoms with Gasteiger partial charge in [-0.05, 0) is 83.5 Å². The van der Waals surface area contributed by atoms with E-state index in [0.29, 0.717) is 12.8 Å². The van der Waals surface area contributed by atoms with Gasteiger partial charge in [0.2, 0.25) is 0 Å². The summed E-state index contributed by atoms with van der Waals surface area (Å²) in [7, 11) is -4.76. The maximum atomic E-state index is 12.4. The molecule has 57 heavy (non-hydrogen) atoms. The lowest BCUT2D eigenvalue weighted by molar-refractivity contribution is -0.161. The van der Waals surface area contributed by atoms with E-state index in [0.717, 1.165) is 89.9 Å². The fourth-order valence-electron chi connectivity index (χ4n) is 6.10. The van der Waals surface area contributed by atoms with Crippen molar-refractivity contribution < 1.29 is 37.9 Å². The molecule has 0 heterocycles. The third kappa shape index (κ3) is 46.1. The van der Waals surface area contributed by atoms with Gasteiger partial charge in [0.05, 0.1) is 6.61 Å². The molecule has 2 N–H and O–H groups in total. The average molecular weight is 819 g/mol. The first-order chi connectivity index (χ1) is 27.8. The number of hydrogen-bond donors (Lipinski definition) is 2. The van der Waals surface area contributed by atoms with Gasteiger partial charge in [-0.15, -0.1) is 0 Å². The molecule has 1 atom stereocenters. The zero-order valence-corrected chi connectivity index (χ0v) is 37.1. The molecule has 0 saturated carbocycles. The summed E-state index contributed by atoms with van der Waals surface area (Å²) in [6.45, 7) is 3.55. The predicted octanol–water partition coefficient (Wildman–Crippen LogP) is 14.2. The second-order valence-corrected chi connectivity index (χ2v) is 16.2. The highest BCUT2D eigenvalue weighted by Gasteiger charge is 2.22. The first kappa shape index (κ1) is 54.5. The lowest BCUT2D eigenvalue weighted by atomic mass is 10.0. The number of ether oxygens (including phenoxy) is 2. The van der Waals surface area contributed by atoms with Crippen molar-refractivity contribution in [3.05, 3.63) is 72.9 Å². The van der Waals surface area contributed by atoms with Gasteiger partial charge in [-0.2, -0.15) is 0 Å². The number of rotatable bonds is 41. The maximum absolute atomic E-state index is 12.4. The van der Waals surface area contributed by atoms with Crippen LogP contribution in [0.5, 0.6) is 0 Å². The van der Waals surface area contributed by atoms with Crippen molar-refractivity contribution in [2.24, 2.45) is 0 Å². The Morgan fingerprint density at radius 3 is 1.26 bits per heavy atom. The van der Waals surface area contributed by atoms with E-state index in [4.69, 9.17) is 19.3 Å². The van der Waals surface area contributed by atoms with Gasteiger partial charge in [0.25, 0.3) is 0 Å². The predicted molar refractivity (Wildman–Crippen MR) is 239 cm³/mol. The number of esters is 2. The van der Waals surface area contributed by atoms with Gasteiger partial charge < -0.3 is 19.3 Å². The van der Waals surface area contributed by atoms with Crippen LogP contribution in [-0.2, 0) is 28.2 Å². The lowest BCUT2D eigenvalue weighted by Gasteiger charge is -2.18. The number of unbranched alkanes of at least 4 members (excludes halogenated alkanes) is 19. The molecule has 0 aliphatic heterocycles. The average Bonchev–Trinajstić information content (AvgIpc) is 3.18. The smallest absolute Gasteiger partial charge is 0.462 e. The molecule has 328 valence electrons. The highest BCUT2D eigenvalue weighted by Crippen LogP contribution is 2.36. The third-order valence-corrected chi connectivity index (χ3v) is 9.94. The van der Waals surface area contributed by atoms with E-state index in [1.807, 2.05) is 0 Å². The van der Waals surface area contributed by atoms with Crippen LogP contribution in [0.2, 0.25) is 0 Å². The second kappa shape index (κ2) is 43.1. The van der Waals surface area contributed by atoms with Gasteiger partial charge in [0.1, 0.15) is 6.61 Å². The minimum absolute atomic E-state index is 0.200. The molecule has 0 spiro atoms. The SMILES string of the molecule is CC/C=C\C/C=C\C/C=C\C/C=C\CCCCCCCCCCCCC(=O)OC(COC(=O)CCCCCCC/C=C\C/C=C\CCCCCC)COP(=O)(O)O. The van der Waals surface area contributed by atoms with Crippen molar-refractivity contribution in [2.75, 3.05) is 13.2 Å². The van der Waals surface area contributed by atoms with Crippen LogP contribution in [0.3, 0.4) is 0 Å². The van der Waals surface area contributed by atoms with Crippen molar-refractivity contribution in [2.45, 2.75) is 206 Å². The zero-order valence-electron chi connectivity index (χ0n) is 36.2. The monoisotopic (exact) mass is 819 g/mol. The molecule has 0 aromatic carbocycles. The van der Waals surface area contributed by atoms with Gasteiger partial charge in [0.15, 0.2) is 6.10 Å². The van der Waals surface area contributed by atoms with Gasteiger partial charge in [-0.1, -0.05) is 177 Å². The molecule has 8 nitrogen and oxygen atoms in total. The Labute approximate surface area is 349 Å².